The summed E-state index contributed by atoms with van der Waals surface area (Å²) in [5, 5.41) is 17.0. The van der Waals surface area contributed by atoms with Crippen LogP contribution in [0, 0.1) is 17.1 Å². The molecule has 1 heterocycles. The molecule has 2 rings (SSSR count). The predicted molar refractivity (Wildman–Crippen MR) is 69.7 cm³/mol. The zero-order valence-electron chi connectivity index (χ0n) is 10.8. The molecule has 0 aliphatic heterocycles. The van der Waals surface area contributed by atoms with Gasteiger partial charge in [-0.25, -0.2) is 9.07 Å². The summed E-state index contributed by atoms with van der Waals surface area (Å²) in [4.78, 5) is 0. The molecule has 0 fully saturated rings. The van der Waals surface area contributed by atoms with Gasteiger partial charge in [-0.05, 0) is 30.7 Å². The number of aromatic nitrogens is 3. The van der Waals surface area contributed by atoms with Gasteiger partial charge in [-0.1, -0.05) is 25.0 Å². The number of nitrogens with zero attached hydrogens (tertiary/aromatic N) is 4. The Labute approximate surface area is 111 Å². The summed E-state index contributed by atoms with van der Waals surface area (Å²) in [6.45, 7) is 2.85. The zero-order valence-corrected chi connectivity index (χ0v) is 10.8. The number of unbranched alkanes of at least 4 members (excludes halogenated alkanes) is 2. The highest BCUT2D eigenvalue weighted by molar-refractivity contribution is 5.64. The molecule has 2 aromatic rings. The molecule has 0 saturated carbocycles. The van der Waals surface area contributed by atoms with Crippen LogP contribution in [0.2, 0.25) is 0 Å². The first-order chi connectivity index (χ1) is 9.26. The number of hydrogen-bond donors (Lipinski definition) is 0. The summed E-state index contributed by atoms with van der Waals surface area (Å²) in [6.07, 6.45) is 3.20. The predicted octanol–water partition coefficient (Wildman–Crippen LogP) is 3.15. The third kappa shape index (κ3) is 2.97. The molecule has 0 bridgehead atoms. The van der Waals surface area contributed by atoms with Crippen molar-refractivity contribution in [1.82, 2.24) is 15.0 Å². The van der Waals surface area contributed by atoms with Crippen LogP contribution in [0.4, 0.5) is 4.39 Å². The molecule has 0 atom stereocenters. The Balaban J connectivity index is 2.34. The second kappa shape index (κ2) is 6.10. The molecule has 0 aliphatic rings. The Kier molecular flexibility index (Phi) is 4.24. The van der Waals surface area contributed by atoms with Crippen LogP contribution in [0.3, 0.4) is 0 Å². The minimum absolute atomic E-state index is 0.281. The SMILES string of the molecule is CCCCCn1nnc(C#N)c1-c1ccc(F)cc1. The van der Waals surface area contributed by atoms with Gasteiger partial charge in [0.2, 0.25) is 0 Å². The van der Waals surface area contributed by atoms with E-state index in [1.807, 2.05) is 6.07 Å². The van der Waals surface area contributed by atoms with Gasteiger partial charge in [0.15, 0.2) is 5.69 Å². The highest BCUT2D eigenvalue weighted by atomic mass is 19.1. The maximum atomic E-state index is 13.0. The lowest BCUT2D eigenvalue weighted by Gasteiger charge is -2.06. The van der Waals surface area contributed by atoms with E-state index in [2.05, 4.69) is 17.2 Å². The lowest BCUT2D eigenvalue weighted by molar-refractivity contribution is 0.541. The van der Waals surface area contributed by atoms with Gasteiger partial charge in [0.05, 0.1) is 0 Å². The third-order valence-corrected chi connectivity index (χ3v) is 2.93. The normalized spacial score (nSPS) is 10.4. The van der Waals surface area contributed by atoms with Crippen LogP contribution in [0.5, 0.6) is 0 Å². The highest BCUT2D eigenvalue weighted by Gasteiger charge is 2.14. The maximum Gasteiger partial charge on any atom is 0.190 e. The van der Waals surface area contributed by atoms with Gasteiger partial charge in [0.1, 0.15) is 17.6 Å². The highest BCUT2D eigenvalue weighted by Crippen LogP contribution is 2.22. The van der Waals surface area contributed by atoms with Gasteiger partial charge in [0.25, 0.3) is 0 Å². The molecule has 0 unspecified atom stereocenters. The van der Waals surface area contributed by atoms with Crippen molar-refractivity contribution < 1.29 is 4.39 Å². The van der Waals surface area contributed by atoms with Gasteiger partial charge in [-0.15, -0.1) is 5.10 Å². The number of rotatable bonds is 5. The summed E-state index contributed by atoms with van der Waals surface area (Å²) in [6, 6.07) is 8.07. The summed E-state index contributed by atoms with van der Waals surface area (Å²) in [5.74, 6) is -0.299. The number of halogens is 1. The molecule has 98 valence electrons. The summed E-state index contributed by atoms with van der Waals surface area (Å²) in [7, 11) is 0. The van der Waals surface area contributed by atoms with Crippen molar-refractivity contribution in [2.45, 2.75) is 32.7 Å². The quantitative estimate of drug-likeness (QED) is 0.774. The van der Waals surface area contributed by atoms with Crippen LogP contribution in [0.25, 0.3) is 11.3 Å². The van der Waals surface area contributed by atoms with Crippen LogP contribution >= 0.6 is 0 Å². The fourth-order valence-electron chi connectivity index (χ4n) is 1.95. The van der Waals surface area contributed by atoms with Gasteiger partial charge in [-0.2, -0.15) is 5.26 Å². The van der Waals surface area contributed by atoms with E-state index < -0.39 is 0 Å². The third-order valence-electron chi connectivity index (χ3n) is 2.93. The van der Waals surface area contributed by atoms with E-state index in [4.69, 9.17) is 5.26 Å². The summed E-state index contributed by atoms with van der Waals surface area (Å²) < 4.78 is 14.7. The largest absolute Gasteiger partial charge is 0.243 e. The van der Waals surface area contributed by atoms with Crippen molar-refractivity contribution in [2.24, 2.45) is 0 Å². The zero-order chi connectivity index (χ0) is 13.7. The van der Waals surface area contributed by atoms with E-state index in [-0.39, 0.29) is 11.5 Å². The van der Waals surface area contributed by atoms with Gasteiger partial charge >= 0.3 is 0 Å². The number of benzene rings is 1. The molecular weight excluding hydrogens is 243 g/mol. The fraction of sp³-hybridized carbons (Fsp3) is 0.357. The summed E-state index contributed by atoms with van der Waals surface area (Å²) in [5.41, 5.74) is 1.71. The molecule has 0 saturated heterocycles. The molecule has 1 aromatic heterocycles. The van der Waals surface area contributed by atoms with E-state index >= 15 is 0 Å². The van der Waals surface area contributed by atoms with Crippen LogP contribution in [-0.4, -0.2) is 15.0 Å². The van der Waals surface area contributed by atoms with E-state index in [0.717, 1.165) is 31.4 Å². The van der Waals surface area contributed by atoms with Crippen molar-refractivity contribution in [2.75, 3.05) is 0 Å². The minimum atomic E-state index is -0.299. The topological polar surface area (TPSA) is 54.5 Å². The first kappa shape index (κ1) is 13.2. The smallest absolute Gasteiger partial charge is 0.190 e. The first-order valence-corrected chi connectivity index (χ1v) is 6.35. The first-order valence-electron chi connectivity index (χ1n) is 6.35. The molecule has 19 heavy (non-hydrogen) atoms. The van der Waals surface area contributed by atoms with Gasteiger partial charge < -0.3 is 0 Å². The van der Waals surface area contributed by atoms with Crippen molar-refractivity contribution in [3.8, 4) is 17.3 Å². The number of nitriles is 1. The van der Waals surface area contributed by atoms with Crippen molar-refractivity contribution in [3.63, 3.8) is 0 Å². The van der Waals surface area contributed by atoms with E-state index in [1.165, 1.54) is 12.1 Å². The van der Waals surface area contributed by atoms with Crippen LogP contribution in [0.15, 0.2) is 24.3 Å². The van der Waals surface area contributed by atoms with Crippen LogP contribution in [0.1, 0.15) is 31.9 Å². The monoisotopic (exact) mass is 258 g/mol. The van der Waals surface area contributed by atoms with E-state index in [9.17, 15) is 4.39 Å². The molecule has 5 heteroatoms. The number of hydrogen-bond acceptors (Lipinski definition) is 3. The standard InChI is InChI=1S/C14H15FN4/c1-2-3-4-9-19-14(13(10-16)17-18-19)11-5-7-12(15)8-6-11/h5-8H,2-4,9H2,1H3. The second-order valence-electron chi connectivity index (χ2n) is 4.34. The molecule has 0 radical (unpaired) electrons. The van der Waals surface area contributed by atoms with E-state index in [1.54, 1.807) is 16.8 Å². The molecule has 0 spiro atoms. The second-order valence-corrected chi connectivity index (χ2v) is 4.34. The van der Waals surface area contributed by atoms with E-state index in [0.29, 0.717) is 5.69 Å². The Morgan fingerprint density at radius 3 is 2.63 bits per heavy atom. The Bertz CT molecular complexity index is 580. The lowest BCUT2D eigenvalue weighted by atomic mass is 10.1. The molecule has 4 nitrogen and oxygen atoms in total. The summed E-state index contributed by atoms with van der Waals surface area (Å²) >= 11 is 0. The van der Waals surface area contributed by atoms with Crippen LogP contribution < -0.4 is 0 Å². The van der Waals surface area contributed by atoms with Gasteiger partial charge in [0, 0.05) is 12.1 Å². The van der Waals surface area contributed by atoms with Crippen molar-refractivity contribution in [3.05, 3.63) is 35.8 Å². The van der Waals surface area contributed by atoms with Crippen molar-refractivity contribution >= 4 is 0 Å². The molecule has 0 amide bonds. The minimum Gasteiger partial charge on any atom is -0.243 e. The Morgan fingerprint density at radius 2 is 2.00 bits per heavy atom. The van der Waals surface area contributed by atoms with Crippen LogP contribution in [-0.2, 0) is 6.54 Å². The average Bonchev–Trinajstić information content (AvgIpc) is 2.83. The Morgan fingerprint density at radius 1 is 1.26 bits per heavy atom. The van der Waals surface area contributed by atoms with Crippen molar-refractivity contribution in [1.29, 1.82) is 5.26 Å². The number of aryl methyl sites for hydroxylation is 1. The molecule has 1 aromatic carbocycles. The Hall–Kier alpha value is -2.22. The molecule has 0 N–H and O–H groups in total. The molecule has 0 aliphatic carbocycles. The molecular formula is C14H15FN4. The van der Waals surface area contributed by atoms with Gasteiger partial charge in [-0.3, -0.25) is 0 Å². The lowest BCUT2D eigenvalue weighted by Crippen LogP contribution is -2.03. The fourth-order valence-corrected chi connectivity index (χ4v) is 1.95. The maximum absolute atomic E-state index is 13.0. The average molecular weight is 258 g/mol.